The number of fused-ring (bicyclic) bond motifs is 1. The first-order valence-corrected chi connectivity index (χ1v) is 10.6. The van der Waals surface area contributed by atoms with Gasteiger partial charge >= 0.3 is 6.09 Å². The number of nitrogens with zero attached hydrogens (tertiary/aromatic N) is 2. The van der Waals surface area contributed by atoms with Gasteiger partial charge in [0.2, 0.25) is 5.96 Å². The third-order valence-electron chi connectivity index (χ3n) is 6.27. The van der Waals surface area contributed by atoms with Crippen LogP contribution in [0, 0.1) is 0 Å². The second-order valence-corrected chi connectivity index (χ2v) is 8.15. The van der Waals surface area contributed by atoms with Gasteiger partial charge in [0, 0.05) is 12.0 Å². The third kappa shape index (κ3) is 3.79. The maximum absolute atomic E-state index is 12.4. The van der Waals surface area contributed by atoms with Gasteiger partial charge in [0.15, 0.2) is 0 Å². The molecule has 1 atom stereocenters. The van der Waals surface area contributed by atoms with E-state index >= 15 is 0 Å². The first kappa shape index (κ1) is 19.4. The fourth-order valence-corrected chi connectivity index (χ4v) is 4.75. The van der Waals surface area contributed by atoms with Crippen LogP contribution in [0.15, 0.2) is 96.0 Å². The fraction of sp³-hybridized carbons (Fsp3) is 0.231. The molecule has 5 nitrogen and oxygen atoms in total. The number of benzene rings is 3. The zero-order valence-electron chi connectivity index (χ0n) is 17.3. The van der Waals surface area contributed by atoms with Crippen LogP contribution in [0.5, 0.6) is 0 Å². The van der Waals surface area contributed by atoms with Crippen LogP contribution in [-0.4, -0.2) is 36.1 Å². The second kappa shape index (κ2) is 8.26. The number of carbonyl (C=O) groups excluding carboxylic acids is 1. The van der Waals surface area contributed by atoms with Crippen molar-refractivity contribution in [3.63, 3.8) is 0 Å². The van der Waals surface area contributed by atoms with Crippen LogP contribution in [-0.2, 0) is 16.8 Å². The highest BCUT2D eigenvalue weighted by Crippen LogP contribution is 2.44. The number of aliphatic imine (C=N–C) groups is 1. The van der Waals surface area contributed by atoms with Gasteiger partial charge in [0.25, 0.3) is 0 Å². The predicted molar refractivity (Wildman–Crippen MR) is 121 cm³/mol. The molecule has 1 saturated heterocycles. The van der Waals surface area contributed by atoms with E-state index in [2.05, 4.69) is 75.9 Å². The van der Waals surface area contributed by atoms with Crippen molar-refractivity contribution < 1.29 is 9.53 Å². The lowest BCUT2D eigenvalue weighted by Crippen LogP contribution is -2.44. The maximum Gasteiger partial charge on any atom is 0.414 e. The minimum absolute atomic E-state index is 0.135. The molecule has 0 saturated carbocycles. The number of alkyl carbamates (subject to hydrolysis) is 1. The molecule has 5 heteroatoms. The first-order valence-electron chi connectivity index (χ1n) is 10.6. The summed E-state index contributed by atoms with van der Waals surface area (Å²) in [4.78, 5) is 19.2. The Hall–Kier alpha value is -3.60. The fourth-order valence-electron chi connectivity index (χ4n) is 4.75. The van der Waals surface area contributed by atoms with Gasteiger partial charge in [-0.25, -0.2) is 4.79 Å². The van der Waals surface area contributed by atoms with E-state index in [4.69, 9.17) is 4.74 Å². The van der Waals surface area contributed by atoms with Gasteiger partial charge in [-0.15, -0.1) is 0 Å². The van der Waals surface area contributed by atoms with E-state index in [1.165, 1.54) is 11.1 Å². The molecule has 0 radical (unpaired) electrons. The molecule has 2 heterocycles. The molecule has 3 aromatic carbocycles. The zero-order chi connectivity index (χ0) is 21.1. The lowest BCUT2D eigenvalue weighted by atomic mass is 9.73. The van der Waals surface area contributed by atoms with Gasteiger partial charge in [-0.1, -0.05) is 91.0 Å². The molecular formula is C26H25N3O2. The highest BCUT2D eigenvalue weighted by atomic mass is 16.5. The minimum Gasteiger partial charge on any atom is -0.444 e. The van der Waals surface area contributed by atoms with Gasteiger partial charge in [-0.2, -0.15) is 0 Å². The third-order valence-corrected chi connectivity index (χ3v) is 6.27. The summed E-state index contributed by atoms with van der Waals surface area (Å²) in [7, 11) is 0. The summed E-state index contributed by atoms with van der Waals surface area (Å²) in [5.41, 5.74) is 3.41. The van der Waals surface area contributed by atoms with E-state index in [9.17, 15) is 4.79 Å². The largest absolute Gasteiger partial charge is 0.444 e. The van der Waals surface area contributed by atoms with Gasteiger partial charge < -0.3 is 9.64 Å². The Kier molecular flexibility index (Phi) is 5.16. The molecule has 1 unspecified atom stereocenters. The number of guanidine groups is 1. The van der Waals surface area contributed by atoms with Crippen molar-refractivity contribution in [2.45, 2.75) is 24.5 Å². The molecule has 1 amide bonds. The summed E-state index contributed by atoms with van der Waals surface area (Å²) in [5.74, 6) is 0.608. The van der Waals surface area contributed by atoms with E-state index in [-0.39, 0.29) is 18.1 Å². The SMILES string of the molecule is O=C(NC1=NCC2CC(c3ccccc3)(c3ccccc3)CN12)OCc1ccccc1. The molecule has 156 valence electrons. The molecule has 0 spiro atoms. The normalized spacial score (nSPS) is 18.9. The van der Waals surface area contributed by atoms with Crippen LogP contribution in [0.3, 0.4) is 0 Å². The molecule has 3 aromatic rings. The average molecular weight is 412 g/mol. The molecule has 2 aliphatic rings. The highest BCUT2D eigenvalue weighted by molar-refractivity contribution is 5.95. The number of amides is 1. The number of hydrogen-bond acceptors (Lipinski definition) is 4. The number of rotatable bonds is 4. The number of ether oxygens (including phenoxy) is 1. The molecular weight excluding hydrogens is 386 g/mol. The Bertz CT molecular complexity index is 1030. The molecule has 31 heavy (non-hydrogen) atoms. The van der Waals surface area contributed by atoms with Crippen molar-refractivity contribution in [2.75, 3.05) is 13.1 Å². The van der Waals surface area contributed by atoms with Crippen molar-refractivity contribution in [2.24, 2.45) is 4.99 Å². The topological polar surface area (TPSA) is 53.9 Å². The van der Waals surface area contributed by atoms with Gasteiger partial charge in [-0.3, -0.25) is 10.3 Å². The molecule has 2 aliphatic heterocycles. The first-order chi connectivity index (χ1) is 15.2. The van der Waals surface area contributed by atoms with Crippen molar-refractivity contribution in [1.82, 2.24) is 10.2 Å². The van der Waals surface area contributed by atoms with E-state index in [0.717, 1.165) is 18.5 Å². The predicted octanol–water partition coefficient (Wildman–Crippen LogP) is 4.34. The monoisotopic (exact) mass is 411 g/mol. The Morgan fingerprint density at radius 1 is 0.935 bits per heavy atom. The van der Waals surface area contributed by atoms with Crippen molar-refractivity contribution in [1.29, 1.82) is 0 Å². The molecule has 1 fully saturated rings. The molecule has 0 bridgehead atoms. The molecule has 0 aliphatic carbocycles. The van der Waals surface area contributed by atoms with E-state index in [1.807, 2.05) is 30.3 Å². The summed E-state index contributed by atoms with van der Waals surface area (Å²) in [5, 5.41) is 2.88. The maximum atomic E-state index is 12.4. The smallest absolute Gasteiger partial charge is 0.414 e. The van der Waals surface area contributed by atoms with Gasteiger partial charge in [-0.05, 0) is 23.1 Å². The lowest BCUT2D eigenvalue weighted by Gasteiger charge is -2.31. The van der Waals surface area contributed by atoms with Crippen LogP contribution in [0.1, 0.15) is 23.1 Å². The van der Waals surface area contributed by atoms with Gasteiger partial charge in [0.1, 0.15) is 6.61 Å². The van der Waals surface area contributed by atoms with Crippen molar-refractivity contribution in [3.8, 4) is 0 Å². The summed E-state index contributed by atoms with van der Waals surface area (Å²) < 4.78 is 5.40. The molecule has 0 aromatic heterocycles. The van der Waals surface area contributed by atoms with Crippen LogP contribution >= 0.6 is 0 Å². The van der Waals surface area contributed by atoms with E-state index in [0.29, 0.717) is 12.5 Å². The Morgan fingerprint density at radius 3 is 2.13 bits per heavy atom. The average Bonchev–Trinajstić information content (AvgIpc) is 3.39. The number of hydrogen-bond donors (Lipinski definition) is 1. The highest BCUT2D eigenvalue weighted by Gasteiger charge is 2.49. The van der Waals surface area contributed by atoms with E-state index < -0.39 is 6.09 Å². The van der Waals surface area contributed by atoms with Gasteiger partial charge in [0.05, 0.1) is 12.6 Å². The Balaban J connectivity index is 1.33. The second-order valence-electron chi connectivity index (χ2n) is 8.15. The number of nitrogens with one attached hydrogen (secondary N) is 1. The minimum atomic E-state index is -0.472. The van der Waals surface area contributed by atoms with Crippen molar-refractivity contribution in [3.05, 3.63) is 108 Å². The summed E-state index contributed by atoms with van der Waals surface area (Å²) in [6.07, 6.45) is 0.481. The van der Waals surface area contributed by atoms with Crippen LogP contribution < -0.4 is 5.32 Å². The number of carbonyl (C=O) groups is 1. The van der Waals surface area contributed by atoms with Crippen LogP contribution in [0.2, 0.25) is 0 Å². The summed E-state index contributed by atoms with van der Waals surface area (Å²) in [6.45, 7) is 1.68. The standard InChI is InChI=1S/C26H25N3O2/c30-25(31-18-20-10-4-1-5-11-20)28-24-27-17-23-16-26(19-29(23)24,21-12-6-2-7-13-21)22-14-8-3-9-15-22/h1-15,23H,16-19H2,(H,27,28,30). The quantitative estimate of drug-likeness (QED) is 0.695. The van der Waals surface area contributed by atoms with Crippen LogP contribution in [0.25, 0.3) is 0 Å². The summed E-state index contributed by atoms with van der Waals surface area (Å²) in [6, 6.07) is 31.2. The molecule has 5 rings (SSSR count). The zero-order valence-corrected chi connectivity index (χ0v) is 17.3. The van der Waals surface area contributed by atoms with Crippen molar-refractivity contribution >= 4 is 12.1 Å². The Labute approximate surface area is 182 Å². The van der Waals surface area contributed by atoms with Crippen LogP contribution in [0.4, 0.5) is 4.79 Å². The van der Waals surface area contributed by atoms with E-state index in [1.54, 1.807) is 0 Å². The summed E-state index contributed by atoms with van der Waals surface area (Å²) >= 11 is 0. The lowest BCUT2D eigenvalue weighted by molar-refractivity contribution is 0.144. The molecule has 1 N–H and O–H groups in total. The Morgan fingerprint density at radius 2 is 1.52 bits per heavy atom.